The predicted octanol–water partition coefficient (Wildman–Crippen LogP) is 7.79. The molecule has 1 unspecified atom stereocenters. The van der Waals surface area contributed by atoms with Crippen molar-refractivity contribution < 1.29 is 24.2 Å². The summed E-state index contributed by atoms with van der Waals surface area (Å²) in [5, 5.41) is 12.4. The molecular formula is C32H31ClN2O5S. The summed E-state index contributed by atoms with van der Waals surface area (Å²) in [6.45, 7) is 7.37. The molecule has 1 N–H and O–H groups in total. The fourth-order valence-electron chi connectivity index (χ4n) is 4.61. The summed E-state index contributed by atoms with van der Waals surface area (Å²) in [4.78, 5) is 33.2. The summed E-state index contributed by atoms with van der Waals surface area (Å²) in [5.74, 6) is -0.0790. The second-order valence-electron chi connectivity index (χ2n) is 10.3. The van der Waals surface area contributed by atoms with E-state index in [0.29, 0.717) is 57.4 Å². The lowest BCUT2D eigenvalue weighted by Gasteiger charge is -2.23. The van der Waals surface area contributed by atoms with Crippen molar-refractivity contribution >= 4 is 55.7 Å². The van der Waals surface area contributed by atoms with Crippen LogP contribution in [0.2, 0.25) is 5.02 Å². The van der Waals surface area contributed by atoms with Crippen molar-refractivity contribution in [2.24, 2.45) is 5.92 Å². The number of hydrogen-bond acceptors (Lipinski definition) is 7. The highest BCUT2D eigenvalue weighted by Crippen LogP contribution is 2.45. The minimum atomic E-state index is -0.921. The Kier molecular flexibility index (Phi) is 8.61. The van der Waals surface area contributed by atoms with E-state index in [9.17, 15) is 14.7 Å². The molecule has 1 amide bonds. The van der Waals surface area contributed by atoms with Crippen LogP contribution in [0.25, 0.3) is 16.0 Å². The van der Waals surface area contributed by atoms with Crippen molar-refractivity contribution in [3.05, 3.63) is 88.5 Å². The fourth-order valence-corrected chi connectivity index (χ4v) is 5.87. The van der Waals surface area contributed by atoms with E-state index in [4.69, 9.17) is 21.1 Å². The van der Waals surface area contributed by atoms with E-state index in [1.54, 1.807) is 42.5 Å². The molecule has 1 fully saturated rings. The van der Waals surface area contributed by atoms with Gasteiger partial charge in [0.2, 0.25) is 0 Å². The van der Waals surface area contributed by atoms with Crippen molar-refractivity contribution in [2.45, 2.75) is 39.7 Å². The first kappa shape index (κ1) is 28.6. The number of hydrogen-bond donors (Lipinski definition) is 1. The normalized spacial score (nSPS) is 16.6. The van der Waals surface area contributed by atoms with Crippen LogP contribution in [0.3, 0.4) is 0 Å². The number of nitrogens with zero attached hydrogens (tertiary/aromatic N) is 2. The number of ketones is 1. The number of aromatic nitrogens is 1. The van der Waals surface area contributed by atoms with Crippen LogP contribution in [0.1, 0.15) is 50.8 Å². The van der Waals surface area contributed by atoms with Crippen LogP contribution in [0, 0.1) is 5.92 Å². The highest BCUT2D eigenvalue weighted by molar-refractivity contribution is 7.22. The zero-order valence-corrected chi connectivity index (χ0v) is 24.7. The summed E-state index contributed by atoms with van der Waals surface area (Å²) in [7, 11) is 0. The summed E-state index contributed by atoms with van der Waals surface area (Å²) in [6, 6.07) is 18.5. The number of carbonyl (C=O) groups excluding carboxylic acids is 2. The Bertz CT molecular complexity index is 1610. The summed E-state index contributed by atoms with van der Waals surface area (Å²) in [5.41, 5.74) is 1.66. The summed E-state index contributed by atoms with van der Waals surface area (Å²) < 4.78 is 12.4. The third kappa shape index (κ3) is 6.09. The van der Waals surface area contributed by atoms with E-state index >= 15 is 0 Å². The molecule has 5 rings (SSSR count). The van der Waals surface area contributed by atoms with Gasteiger partial charge in [0.25, 0.3) is 5.78 Å². The highest BCUT2D eigenvalue weighted by atomic mass is 35.5. The maximum absolute atomic E-state index is 13.6. The van der Waals surface area contributed by atoms with Crippen LogP contribution in [0.15, 0.2) is 72.3 Å². The van der Waals surface area contributed by atoms with Crippen LogP contribution in [-0.2, 0) is 9.59 Å². The van der Waals surface area contributed by atoms with Gasteiger partial charge in [-0.05, 0) is 78.9 Å². The molecule has 0 spiro atoms. The van der Waals surface area contributed by atoms with Gasteiger partial charge in [0.15, 0.2) is 5.13 Å². The number of thiazole rings is 1. The zero-order chi connectivity index (χ0) is 29.1. The van der Waals surface area contributed by atoms with Gasteiger partial charge < -0.3 is 14.6 Å². The average Bonchev–Trinajstić information content (AvgIpc) is 3.49. The Morgan fingerprint density at radius 1 is 1.02 bits per heavy atom. The van der Waals surface area contributed by atoms with E-state index in [2.05, 4.69) is 18.8 Å². The molecule has 1 aliphatic rings. The topological polar surface area (TPSA) is 89.0 Å². The van der Waals surface area contributed by atoms with Gasteiger partial charge in [-0.1, -0.05) is 55.8 Å². The molecule has 1 saturated heterocycles. The monoisotopic (exact) mass is 590 g/mol. The average molecular weight is 591 g/mol. The fraction of sp³-hybridized carbons (Fsp3) is 0.281. The van der Waals surface area contributed by atoms with Crippen molar-refractivity contribution in [1.29, 1.82) is 0 Å². The molecule has 0 bridgehead atoms. The Balaban J connectivity index is 1.61. The molecule has 1 aliphatic heterocycles. The molecule has 9 heteroatoms. The van der Waals surface area contributed by atoms with Gasteiger partial charge in [0.1, 0.15) is 17.3 Å². The summed E-state index contributed by atoms with van der Waals surface area (Å²) >= 11 is 7.45. The standard InChI is InChI=1S/C32H31ClN2O5S/c1-4-15-39-23-11-8-20(9-12-23)29(36)27-28(21-6-5-7-24(17-21)40-16-14-19(2)3)35(31(38)30(27)37)32-34-25-13-10-22(33)18-26(25)41-32/h5-13,17-19,28,36H,4,14-16H2,1-3H3. The molecule has 0 radical (unpaired) electrons. The Hall–Kier alpha value is -3.88. The molecular weight excluding hydrogens is 560 g/mol. The quantitative estimate of drug-likeness (QED) is 0.115. The molecule has 7 nitrogen and oxygen atoms in total. The Labute approximate surface area is 248 Å². The van der Waals surface area contributed by atoms with Crippen molar-refractivity contribution in [2.75, 3.05) is 18.1 Å². The van der Waals surface area contributed by atoms with E-state index in [1.807, 2.05) is 31.2 Å². The van der Waals surface area contributed by atoms with E-state index < -0.39 is 17.7 Å². The lowest BCUT2D eigenvalue weighted by Crippen LogP contribution is -2.29. The summed E-state index contributed by atoms with van der Waals surface area (Å²) in [6.07, 6.45) is 1.75. The van der Waals surface area contributed by atoms with Crippen LogP contribution >= 0.6 is 22.9 Å². The second-order valence-corrected chi connectivity index (χ2v) is 11.7. The number of anilines is 1. The largest absolute Gasteiger partial charge is 0.507 e. The molecule has 212 valence electrons. The highest BCUT2D eigenvalue weighted by Gasteiger charge is 2.48. The number of Topliss-reactive ketones (excluding diaryl/α,β-unsaturated/α-hetero) is 1. The first-order valence-electron chi connectivity index (χ1n) is 13.6. The van der Waals surface area contributed by atoms with Gasteiger partial charge in [0, 0.05) is 10.6 Å². The van der Waals surface area contributed by atoms with Gasteiger partial charge in [-0.3, -0.25) is 14.5 Å². The molecule has 41 heavy (non-hydrogen) atoms. The zero-order valence-electron chi connectivity index (χ0n) is 23.1. The predicted molar refractivity (Wildman–Crippen MR) is 163 cm³/mol. The van der Waals surface area contributed by atoms with Crippen molar-refractivity contribution in [1.82, 2.24) is 4.98 Å². The number of aliphatic hydroxyl groups excluding tert-OH is 1. The minimum absolute atomic E-state index is 0.0196. The maximum Gasteiger partial charge on any atom is 0.301 e. The van der Waals surface area contributed by atoms with Crippen LogP contribution in [-0.4, -0.2) is 35.0 Å². The SMILES string of the molecule is CCCOc1ccc(C(O)=C2C(=O)C(=O)N(c3nc4ccc(Cl)cc4s3)C2c2cccc(OCCC(C)C)c2)cc1. The van der Waals surface area contributed by atoms with Gasteiger partial charge >= 0.3 is 5.91 Å². The molecule has 4 aromatic rings. The molecule has 0 aliphatic carbocycles. The second kappa shape index (κ2) is 12.3. The van der Waals surface area contributed by atoms with E-state index in [-0.39, 0.29) is 11.3 Å². The van der Waals surface area contributed by atoms with Crippen molar-refractivity contribution in [3.63, 3.8) is 0 Å². The number of halogens is 1. The number of rotatable bonds is 10. The van der Waals surface area contributed by atoms with Gasteiger partial charge in [-0.15, -0.1) is 0 Å². The molecule has 3 aromatic carbocycles. The lowest BCUT2D eigenvalue weighted by molar-refractivity contribution is -0.132. The van der Waals surface area contributed by atoms with Crippen molar-refractivity contribution in [3.8, 4) is 11.5 Å². The van der Waals surface area contributed by atoms with E-state index in [1.165, 1.54) is 16.2 Å². The van der Waals surface area contributed by atoms with Gasteiger partial charge in [-0.2, -0.15) is 0 Å². The smallest absolute Gasteiger partial charge is 0.301 e. The lowest BCUT2D eigenvalue weighted by atomic mass is 9.95. The van der Waals surface area contributed by atoms with Crippen LogP contribution in [0.4, 0.5) is 5.13 Å². The molecule has 1 atom stereocenters. The maximum atomic E-state index is 13.6. The number of benzene rings is 3. The number of amides is 1. The molecule has 0 saturated carbocycles. The first-order valence-corrected chi connectivity index (χ1v) is 14.8. The number of fused-ring (bicyclic) bond motifs is 1. The van der Waals surface area contributed by atoms with Gasteiger partial charge in [-0.25, -0.2) is 4.98 Å². The number of carbonyl (C=O) groups is 2. The van der Waals surface area contributed by atoms with Crippen LogP contribution < -0.4 is 14.4 Å². The third-order valence-electron chi connectivity index (χ3n) is 6.73. The van der Waals surface area contributed by atoms with E-state index in [0.717, 1.165) is 17.5 Å². The third-order valence-corrected chi connectivity index (χ3v) is 7.98. The number of ether oxygens (including phenoxy) is 2. The molecule has 2 heterocycles. The minimum Gasteiger partial charge on any atom is -0.507 e. The Morgan fingerprint density at radius 2 is 1.78 bits per heavy atom. The first-order chi connectivity index (χ1) is 19.8. The van der Waals surface area contributed by atoms with Crippen LogP contribution in [0.5, 0.6) is 11.5 Å². The Morgan fingerprint density at radius 3 is 2.51 bits per heavy atom. The van der Waals surface area contributed by atoms with Gasteiger partial charge in [0.05, 0.1) is 35.0 Å². The molecule has 1 aromatic heterocycles. The number of aliphatic hydroxyl groups is 1.